The zero-order valence-electron chi connectivity index (χ0n) is 8.32. The quantitative estimate of drug-likeness (QED) is 0.415. The summed E-state index contributed by atoms with van der Waals surface area (Å²) >= 11 is 0. The first-order valence-corrected chi connectivity index (χ1v) is 4.08. The van der Waals surface area contributed by atoms with E-state index in [2.05, 4.69) is 0 Å². The number of rotatable bonds is 2. The predicted octanol–water partition coefficient (Wildman–Crippen LogP) is 1.93. The highest BCUT2D eigenvalue weighted by Crippen LogP contribution is 2.24. The maximum absolute atomic E-state index is 13.0. The van der Waals surface area contributed by atoms with Gasteiger partial charge in [-0.3, -0.25) is 14.6 Å². The molecule has 0 aliphatic carbocycles. The minimum atomic E-state index is -0.595. The number of halogens is 1. The topological polar surface area (TPSA) is 43.1 Å². The SMILES string of the molecule is C[N+](C)(C)c1cc(F)cc([N+](=O)[O-])c1. The molecule has 0 aromatic heterocycles. The molecule has 1 aromatic rings. The number of non-ortho nitro benzene ring substituents is 1. The van der Waals surface area contributed by atoms with Crippen molar-refractivity contribution >= 4 is 11.4 Å². The number of benzene rings is 1. The van der Waals surface area contributed by atoms with Crippen LogP contribution in [0.25, 0.3) is 0 Å². The molecule has 1 rings (SSSR count). The summed E-state index contributed by atoms with van der Waals surface area (Å²) in [6, 6.07) is 3.59. The molecule has 5 heteroatoms. The van der Waals surface area contributed by atoms with Crippen LogP contribution in [0.1, 0.15) is 0 Å². The molecule has 0 heterocycles. The van der Waals surface area contributed by atoms with Crippen molar-refractivity contribution in [1.29, 1.82) is 0 Å². The van der Waals surface area contributed by atoms with Crippen LogP contribution in [0.5, 0.6) is 0 Å². The second-order valence-corrected chi connectivity index (χ2v) is 3.94. The summed E-state index contributed by atoms with van der Waals surface area (Å²) in [6.45, 7) is 0. The van der Waals surface area contributed by atoms with Gasteiger partial charge < -0.3 is 0 Å². The Kier molecular flexibility index (Phi) is 2.53. The lowest BCUT2D eigenvalue weighted by atomic mass is 10.2. The maximum atomic E-state index is 13.0. The molecule has 0 aliphatic heterocycles. The lowest BCUT2D eigenvalue weighted by Crippen LogP contribution is -2.34. The van der Waals surface area contributed by atoms with Crippen molar-refractivity contribution in [2.24, 2.45) is 0 Å². The van der Waals surface area contributed by atoms with Crippen molar-refractivity contribution in [2.45, 2.75) is 0 Å². The van der Waals surface area contributed by atoms with Gasteiger partial charge in [-0.05, 0) is 0 Å². The average molecular weight is 199 g/mol. The Labute approximate surface area is 81.3 Å². The first-order chi connectivity index (χ1) is 6.30. The molecular formula is C9H12FN2O2+. The first-order valence-electron chi connectivity index (χ1n) is 4.08. The molecule has 76 valence electrons. The summed E-state index contributed by atoms with van der Waals surface area (Å²) in [7, 11) is 5.45. The standard InChI is InChI=1S/C9H12FN2O2/c1-12(2,3)9-5-7(10)4-8(6-9)11(13)14/h4-6H,1-3H3/q+1. The first kappa shape index (κ1) is 10.6. The summed E-state index contributed by atoms with van der Waals surface area (Å²) in [6.07, 6.45) is 0. The Morgan fingerprint density at radius 3 is 2.29 bits per heavy atom. The van der Waals surface area contributed by atoms with Crippen molar-refractivity contribution in [3.63, 3.8) is 0 Å². The molecule has 0 bridgehead atoms. The molecule has 0 fully saturated rings. The molecule has 0 spiro atoms. The van der Waals surface area contributed by atoms with E-state index in [-0.39, 0.29) is 5.69 Å². The zero-order chi connectivity index (χ0) is 10.9. The van der Waals surface area contributed by atoms with Crippen molar-refractivity contribution in [2.75, 3.05) is 21.1 Å². The Morgan fingerprint density at radius 2 is 1.86 bits per heavy atom. The smallest absolute Gasteiger partial charge is 0.278 e. The molecule has 0 amide bonds. The summed E-state index contributed by atoms with van der Waals surface area (Å²) < 4.78 is 13.3. The van der Waals surface area contributed by atoms with Crippen molar-refractivity contribution in [3.05, 3.63) is 34.1 Å². The van der Waals surface area contributed by atoms with Crippen LogP contribution in [0, 0.1) is 15.9 Å². The third-order valence-corrected chi connectivity index (χ3v) is 1.85. The molecular weight excluding hydrogens is 187 g/mol. The third-order valence-electron chi connectivity index (χ3n) is 1.85. The van der Waals surface area contributed by atoms with E-state index in [1.165, 1.54) is 12.1 Å². The minimum absolute atomic E-state index is 0.215. The lowest BCUT2D eigenvalue weighted by molar-refractivity contribution is -0.385. The van der Waals surface area contributed by atoms with Gasteiger partial charge in [0.25, 0.3) is 5.69 Å². The van der Waals surface area contributed by atoms with Crippen LogP contribution in [0.4, 0.5) is 15.8 Å². The number of quaternary nitrogens is 1. The summed E-state index contributed by atoms with van der Waals surface area (Å²) in [5, 5.41) is 10.5. The van der Waals surface area contributed by atoms with E-state index in [1.54, 1.807) is 0 Å². The fraction of sp³-hybridized carbons (Fsp3) is 0.333. The minimum Gasteiger partial charge on any atom is -0.298 e. The number of nitro benzene ring substituents is 1. The second-order valence-electron chi connectivity index (χ2n) is 3.94. The van der Waals surface area contributed by atoms with E-state index >= 15 is 0 Å². The van der Waals surface area contributed by atoms with Gasteiger partial charge in [-0.1, -0.05) is 0 Å². The van der Waals surface area contributed by atoms with Crippen LogP contribution in [-0.2, 0) is 0 Å². The van der Waals surface area contributed by atoms with Gasteiger partial charge in [-0.2, -0.15) is 0 Å². The van der Waals surface area contributed by atoms with Crippen molar-refractivity contribution in [1.82, 2.24) is 4.48 Å². The predicted molar refractivity (Wildman–Crippen MR) is 52.6 cm³/mol. The Balaban J connectivity index is 3.28. The number of nitrogens with zero attached hydrogens (tertiary/aromatic N) is 2. The molecule has 0 radical (unpaired) electrons. The highest BCUT2D eigenvalue weighted by molar-refractivity contribution is 5.50. The van der Waals surface area contributed by atoms with Gasteiger partial charge >= 0.3 is 0 Å². The Hall–Kier alpha value is -1.49. The summed E-state index contributed by atoms with van der Waals surface area (Å²) in [5.74, 6) is -0.581. The van der Waals surface area contributed by atoms with Crippen molar-refractivity contribution < 1.29 is 9.31 Å². The number of hydrogen-bond acceptors (Lipinski definition) is 2. The highest BCUT2D eigenvalue weighted by atomic mass is 19.1. The van der Waals surface area contributed by atoms with E-state index in [4.69, 9.17) is 0 Å². The number of hydrogen-bond donors (Lipinski definition) is 0. The van der Waals surface area contributed by atoms with Gasteiger partial charge in [-0.15, -0.1) is 0 Å². The van der Waals surface area contributed by atoms with Crippen LogP contribution >= 0.6 is 0 Å². The van der Waals surface area contributed by atoms with Gasteiger partial charge in [0.05, 0.1) is 38.2 Å². The molecule has 0 N–H and O–H groups in total. The van der Waals surface area contributed by atoms with Crippen LogP contribution in [0.3, 0.4) is 0 Å². The fourth-order valence-corrected chi connectivity index (χ4v) is 1.05. The van der Waals surface area contributed by atoms with E-state index < -0.39 is 10.7 Å². The van der Waals surface area contributed by atoms with Crippen LogP contribution in [0.15, 0.2) is 18.2 Å². The average Bonchev–Trinajstić information content (AvgIpc) is 2.01. The van der Waals surface area contributed by atoms with Crippen LogP contribution in [-0.4, -0.2) is 26.1 Å². The van der Waals surface area contributed by atoms with Gasteiger partial charge in [0.2, 0.25) is 0 Å². The summed E-state index contributed by atoms with van der Waals surface area (Å²) in [5.41, 5.74) is 0.352. The second kappa shape index (κ2) is 3.34. The van der Waals surface area contributed by atoms with Gasteiger partial charge in [-0.25, -0.2) is 4.39 Å². The largest absolute Gasteiger partial charge is 0.298 e. The molecule has 1 aromatic carbocycles. The van der Waals surface area contributed by atoms with E-state index in [1.807, 2.05) is 21.1 Å². The normalized spacial score (nSPS) is 11.4. The fourth-order valence-electron chi connectivity index (χ4n) is 1.05. The van der Waals surface area contributed by atoms with Gasteiger partial charge in [0, 0.05) is 6.07 Å². The van der Waals surface area contributed by atoms with E-state index in [9.17, 15) is 14.5 Å². The van der Waals surface area contributed by atoms with Crippen LogP contribution in [0.2, 0.25) is 0 Å². The highest BCUT2D eigenvalue weighted by Gasteiger charge is 2.18. The molecule has 0 aliphatic rings. The molecule has 0 atom stereocenters. The van der Waals surface area contributed by atoms with Crippen molar-refractivity contribution in [3.8, 4) is 0 Å². The Morgan fingerprint density at radius 1 is 1.29 bits per heavy atom. The maximum Gasteiger partial charge on any atom is 0.278 e. The van der Waals surface area contributed by atoms with Gasteiger partial charge in [0.1, 0.15) is 11.5 Å². The molecule has 0 saturated heterocycles. The van der Waals surface area contributed by atoms with Crippen LogP contribution < -0.4 is 4.48 Å². The van der Waals surface area contributed by atoms with E-state index in [0.717, 1.165) is 6.07 Å². The molecule has 0 unspecified atom stereocenters. The van der Waals surface area contributed by atoms with E-state index in [0.29, 0.717) is 10.2 Å². The number of nitro groups is 1. The molecule has 0 saturated carbocycles. The summed E-state index contributed by atoms with van der Waals surface area (Å²) in [4.78, 5) is 9.87. The molecule has 14 heavy (non-hydrogen) atoms. The van der Waals surface area contributed by atoms with Gasteiger partial charge in [0.15, 0.2) is 0 Å². The monoisotopic (exact) mass is 199 g/mol. The Bertz CT molecular complexity index is 372. The lowest BCUT2D eigenvalue weighted by Gasteiger charge is -2.22. The third kappa shape index (κ3) is 2.26. The zero-order valence-corrected chi connectivity index (χ0v) is 8.32. The molecule has 4 nitrogen and oxygen atoms in total.